The highest BCUT2D eigenvalue weighted by atomic mass is 32.1. The molecule has 1 aromatic heterocycles. The number of amides is 1. The Kier molecular flexibility index (Phi) is 5.50. The summed E-state index contributed by atoms with van der Waals surface area (Å²) in [4.78, 5) is 13.6. The van der Waals surface area contributed by atoms with Crippen LogP contribution in [0.1, 0.15) is 23.8 Å². The second-order valence-electron chi connectivity index (χ2n) is 6.38. The third-order valence-electron chi connectivity index (χ3n) is 4.69. The number of carbonyl (C=O) groups is 1. The van der Waals surface area contributed by atoms with Gasteiger partial charge in [-0.25, -0.2) is 0 Å². The number of aliphatic hydroxyl groups excluding tert-OH is 1. The molecule has 0 aliphatic carbocycles. The maximum atomic E-state index is 12.7. The van der Waals surface area contributed by atoms with E-state index in [0.717, 1.165) is 40.9 Å². The van der Waals surface area contributed by atoms with Gasteiger partial charge in [0.25, 0.3) is 0 Å². The Hall–Kier alpha value is -1.47. The number of fused-ring (bicyclic) bond motifs is 1. The highest BCUT2D eigenvalue weighted by molar-refractivity contribution is 7.19. The third kappa shape index (κ3) is 3.62. The number of aliphatic hydroxyl groups is 1. The smallest absolute Gasteiger partial charge is 0.228 e. The van der Waals surface area contributed by atoms with Crippen molar-refractivity contribution in [3.8, 4) is 0 Å². The van der Waals surface area contributed by atoms with Crippen LogP contribution in [0, 0.1) is 5.41 Å². The molecule has 1 aliphatic heterocycles. The van der Waals surface area contributed by atoms with E-state index in [1.54, 1.807) is 18.4 Å². The van der Waals surface area contributed by atoms with Crippen LogP contribution in [0.2, 0.25) is 0 Å². The van der Waals surface area contributed by atoms with Gasteiger partial charge in [-0.3, -0.25) is 4.79 Å². The number of methoxy groups -OCH3 is 1. The first-order valence-corrected chi connectivity index (χ1v) is 9.11. The summed E-state index contributed by atoms with van der Waals surface area (Å²) >= 11 is 1.57. The van der Waals surface area contributed by atoms with Gasteiger partial charge in [0.1, 0.15) is 6.10 Å². The lowest BCUT2D eigenvalue weighted by Gasteiger charge is -2.35. The lowest BCUT2D eigenvalue weighted by atomic mass is 9.78. The molecule has 0 bridgehead atoms. The SMILES string of the molecule is COCC1(C(=O)NCC(O)c2cc3ccccc3s2)CCNCC1. The molecule has 130 valence electrons. The fraction of sp³-hybridized carbons (Fsp3) is 0.500. The van der Waals surface area contributed by atoms with Crippen LogP contribution in [0.5, 0.6) is 0 Å². The lowest BCUT2D eigenvalue weighted by molar-refractivity contribution is -0.136. The summed E-state index contributed by atoms with van der Waals surface area (Å²) in [6.07, 6.45) is 0.824. The van der Waals surface area contributed by atoms with Crippen LogP contribution in [-0.4, -0.2) is 44.4 Å². The number of ether oxygens (including phenoxy) is 1. The minimum absolute atomic E-state index is 0.0222. The molecule has 0 radical (unpaired) electrons. The highest BCUT2D eigenvalue weighted by Gasteiger charge is 2.39. The van der Waals surface area contributed by atoms with Crippen LogP contribution in [0.25, 0.3) is 10.1 Å². The molecule has 2 heterocycles. The van der Waals surface area contributed by atoms with Gasteiger partial charge in [-0.1, -0.05) is 18.2 Å². The van der Waals surface area contributed by atoms with Crippen molar-refractivity contribution in [3.05, 3.63) is 35.2 Å². The number of hydrogen-bond donors (Lipinski definition) is 3. The Labute approximate surface area is 146 Å². The van der Waals surface area contributed by atoms with Crippen LogP contribution in [-0.2, 0) is 9.53 Å². The summed E-state index contributed by atoms with van der Waals surface area (Å²) < 4.78 is 6.43. The predicted octanol–water partition coefficient (Wildman–Crippen LogP) is 2.07. The molecule has 1 aromatic carbocycles. The summed E-state index contributed by atoms with van der Waals surface area (Å²) in [5, 5.41) is 17.8. The highest BCUT2D eigenvalue weighted by Crippen LogP contribution is 2.31. The van der Waals surface area contributed by atoms with Gasteiger partial charge in [0.2, 0.25) is 5.91 Å². The standard InChI is InChI=1S/C18H24N2O3S/c1-23-12-18(6-8-19-9-7-18)17(22)20-11-14(21)16-10-13-4-2-3-5-15(13)24-16/h2-5,10,14,19,21H,6-9,11-12H2,1H3,(H,20,22). The number of benzene rings is 1. The van der Waals surface area contributed by atoms with Crippen molar-refractivity contribution in [2.24, 2.45) is 5.41 Å². The summed E-state index contributed by atoms with van der Waals surface area (Å²) in [6, 6.07) is 10.0. The molecule has 1 unspecified atom stereocenters. The Morgan fingerprint density at radius 3 is 2.88 bits per heavy atom. The third-order valence-corrected chi connectivity index (χ3v) is 5.91. The molecule has 6 heteroatoms. The number of carbonyl (C=O) groups excluding carboxylic acids is 1. The van der Waals surface area contributed by atoms with E-state index in [1.807, 2.05) is 30.3 Å². The summed E-state index contributed by atoms with van der Waals surface area (Å²) in [6.45, 7) is 2.27. The molecule has 0 saturated carbocycles. The Morgan fingerprint density at radius 2 is 2.17 bits per heavy atom. The van der Waals surface area contributed by atoms with Crippen LogP contribution in [0.15, 0.2) is 30.3 Å². The molecule has 24 heavy (non-hydrogen) atoms. The van der Waals surface area contributed by atoms with E-state index >= 15 is 0 Å². The maximum Gasteiger partial charge on any atom is 0.228 e. The second kappa shape index (κ2) is 7.61. The molecule has 1 amide bonds. The fourth-order valence-corrected chi connectivity index (χ4v) is 4.31. The number of piperidine rings is 1. The molecule has 3 N–H and O–H groups in total. The van der Waals surface area contributed by atoms with Gasteiger partial charge in [-0.05, 0) is 43.5 Å². The second-order valence-corrected chi connectivity index (χ2v) is 7.49. The molecule has 3 rings (SSSR count). The quantitative estimate of drug-likeness (QED) is 0.747. The average Bonchev–Trinajstić information content (AvgIpc) is 3.04. The molecule has 0 spiro atoms. The van der Waals surface area contributed by atoms with Gasteiger partial charge >= 0.3 is 0 Å². The lowest BCUT2D eigenvalue weighted by Crippen LogP contribution is -2.50. The van der Waals surface area contributed by atoms with E-state index in [9.17, 15) is 9.90 Å². The number of nitrogens with one attached hydrogen (secondary N) is 2. The van der Waals surface area contributed by atoms with Crippen molar-refractivity contribution in [3.63, 3.8) is 0 Å². The number of rotatable bonds is 6. The van der Waals surface area contributed by atoms with E-state index in [4.69, 9.17) is 4.74 Å². The molecule has 1 fully saturated rings. The van der Waals surface area contributed by atoms with Gasteiger partial charge in [0.05, 0.1) is 12.0 Å². The van der Waals surface area contributed by atoms with Gasteiger partial charge in [-0.2, -0.15) is 0 Å². The number of thiophene rings is 1. The van der Waals surface area contributed by atoms with E-state index in [2.05, 4.69) is 10.6 Å². The Morgan fingerprint density at radius 1 is 1.42 bits per heavy atom. The van der Waals surface area contributed by atoms with Crippen molar-refractivity contribution in [1.29, 1.82) is 0 Å². The molecular weight excluding hydrogens is 324 g/mol. The van der Waals surface area contributed by atoms with Crippen LogP contribution < -0.4 is 10.6 Å². The van der Waals surface area contributed by atoms with Crippen molar-refractivity contribution in [2.75, 3.05) is 33.4 Å². The number of hydrogen-bond acceptors (Lipinski definition) is 5. The Bertz CT molecular complexity index is 656. The van der Waals surface area contributed by atoms with Gasteiger partial charge < -0.3 is 20.5 Å². The zero-order valence-electron chi connectivity index (χ0n) is 13.9. The van der Waals surface area contributed by atoms with Crippen molar-refractivity contribution >= 4 is 27.3 Å². The van der Waals surface area contributed by atoms with Gasteiger partial charge in [0, 0.05) is 23.2 Å². The minimum atomic E-state index is -0.687. The van der Waals surface area contributed by atoms with Crippen LogP contribution in [0.3, 0.4) is 0 Å². The summed E-state index contributed by atoms with van der Waals surface area (Å²) in [5.41, 5.74) is -0.486. The topological polar surface area (TPSA) is 70.6 Å². The van der Waals surface area contributed by atoms with Crippen molar-refractivity contribution in [2.45, 2.75) is 18.9 Å². The zero-order chi connectivity index (χ0) is 17.0. The van der Waals surface area contributed by atoms with E-state index in [-0.39, 0.29) is 12.5 Å². The normalized spacial score (nSPS) is 18.4. The van der Waals surface area contributed by atoms with E-state index < -0.39 is 11.5 Å². The molecule has 1 saturated heterocycles. The average molecular weight is 348 g/mol. The fourth-order valence-electron chi connectivity index (χ4n) is 3.26. The molecular formula is C18H24N2O3S. The summed E-state index contributed by atoms with van der Waals surface area (Å²) in [5.74, 6) is -0.0222. The predicted molar refractivity (Wildman–Crippen MR) is 96.2 cm³/mol. The summed E-state index contributed by atoms with van der Waals surface area (Å²) in [7, 11) is 1.63. The molecule has 1 atom stereocenters. The van der Waals surface area contributed by atoms with Crippen LogP contribution in [0.4, 0.5) is 0 Å². The van der Waals surface area contributed by atoms with E-state index in [0.29, 0.717) is 6.61 Å². The first-order valence-electron chi connectivity index (χ1n) is 8.29. The van der Waals surface area contributed by atoms with Gasteiger partial charge in [-0.15, -0.1) is 11.3 Å². The largest absolute Gasteiger partial charge is 0.386 e. The molecule has 1 aliphatic rings. The van der Waals surface area contributed by atoms with E-state index in [1.165, 1.54) is 0 Å². The van der Waals surface area contributed by atoms with Gasteiger partial charge in [0.15, 0.2) is 0 Å². The Balaban J connectivity index is 1.64. The first kappa shape index (κ1) is 17.4. The van der Waals surface area contributed by atoms with Crippen molar-refractivity contribution in [1.82, 2.24) is 10.6 Å². The maximum absolute atomic E-state index is 12.7. The zero-order valence-corrected chi connectivity index (χ0v) is 14.7. The molecule has 2 aromatic rings. The van der Waals surface area contributed by atoms with Crippen molar-refractivity contribution < 1.29 is 14.6 Å². The van der Waals surface area contributed by atoms with Crippen LogP contribution >= 0.6 is 11.3 Å². The molecule has 5 nitrogen and oxygen atoms in total. The minimum Gasteiger partial charge on any atom is -0.386 e. The first-order chi connectivity index (χ1) is 11.6. The monoisotopic (exact) mass is 348 g/mol.